The van der Waals surface area contributed by atoms with E-state index in [4.69, 9.17) is 4.74 Å². The summed E-state index contributed by atoms with van der Waals surface area (Å²) in [6.07, 6.45) is 6.42. The molecule has 0 heterocycles. The van der Waals surface area contributed by atoms with E-state index in [0.29, 0.717) is 6.61 Å². The van der Waals surface area contributed by atoms with Crippen LogP contribution < -0.4 is 0 Å². The third kappa shape index (κ3) is 4.21. The van der Waals surface area contributed by atoms with Gasteiger partial charge < -0.3 is 4.74 Å². The summed E-state index contributed by atoms with van der Waals surface area (Å²) in [6, 6.07) is 19.5. The molecular formula is C25H30NO+. The van der Waals surface area contributed by atoms with Gasteiger partial charge in [-0.2, -0.15) is 0 Å². The van der Waals surface area contributed by atoms with Gasteiger partial charge in [-0.25, -0.2) is 4.58 Å². The Bertz CT molecular complexity index is 853. The smallest absolute Gasteiger partial charge is 0.218 e. The van der Waals surface area contributed by atoms with Crippen LogP contribution in [0, 0.1) is 0 Å². The second kappa shape index (κ2) is 9.36. The van der Waals surface area contributed by atoms with Crippen molar-refractivity contribution in [3.8, 4) is 0 Å². The fourth-order valence-electron chi connectivity index (χ4n) is 3.78. The molecule has 0 radical (unpaired) electrons. The van der Waals surface area contributed by atoms with Gasteiger partial charge >= 0.3 is 0 Å². The second-order valence-corrected chi connectivity index (χ2v) is 6.69. The van der Waals surface area contributed by atoms with Crippen molar-refractivity contribution in [3.63, 3.8) is 0 Å². The number of rotatable bonds is 5. The Morgan fingerprint density at radius 1 is 0.926 bits per heavy atom. The summed E-state index contributed by atoms with van der Waals surface area (Å²) in [4.78, 5) is 0. The van der Waals surface area contributed by atoms with Crippen LogP contribution in [0.15, 0.2) is 72.5 Å². The monoisotopic (exact) mass is 360 g/mol. The van der Waals surface area contributed by atoms with Gasteiger partial charge in [0.2, 0.25) is 5.71 Å². The number of ether oxygens (including phenoxy) is 1. The van der Waals surface area contributed by atoms with Gasteiger partial charge in [0.05, 0.1) is 18.4 Å². The fourth-order valence-corrected chi connectivity index (χ4v) is 3.78. The number of hydrogen-bond donors (Lipinski definition) is 0. The van der Waals surface area contributed by atoms with Gasteiger partial charge in [-0.3, -0.25) is 0 Å². The van der Waals surface area contributed by atoms with Crippen molar-refractivity contribution in [2.45, 2.75) is 33.6 Å². The summed E-state index contributed by atoms with van der Waals surface area (Å²) >= 11 is 0. The maximum Gasteiger partial charge on any atom is 0.218 e. The minimum absolute atomic E-state index is 0.665. The Labute approximate surface area is 163 Å². The zero-order chi connectivity index (χ0) is 19.1. The van der Waals surface area contributed by atoms with Crippen LogP contribution in [0.2, 0.25) is 0 Å². The Morgan fingerprint density at radius 3 is 2.33 bits per heavy atom. The maximum absolute atomic E-state index is 5.86. The lowest BCUT2D eigenvalue weighted by molar-refractivity contribution is -0.519. The number of hydrogen-bond acceptors (Lipinski definition) is 1. The summed E-state index contributed by atoms with van der Waals surface area (Å²) in [6.45, 7) is 9.08. The highest BCUT2D eigenvalue weighted by Gasteiger charge is 2.28. The summed E-state index contributed by atoms with van der Waals surface area (Å²) in [5, 5.41) is 0. The molecule has 0 aromatic heterocycles. The van der Waals surface area contributed by atoms with Gasteiger partial charge in [0.25, 0.3) is 0 Å². The molecule has 2 aromatic rings. The molecule has 27 heavy (non-hydrogen) atoms. The molecule has 0 saturated carbocycles. The van der Waals surface area contributed by atoms with Crippen molar-refractivity contribution in [1.29, 1.82) is 0 Å². The van der Waals surface area contributed by atoms with Gasteiger partial charge in [0, 0.05) is 5.56 Å². The van der Waals surface area contributed by atoms with E-state index in [0.717, 1.165) is 25.9 Å². The zero-order valence-corrected chi connectivity index (χ0v) is 16.7. The zero-order valence-electron chi connectivity index (χ0n) is 16.7. The molecule has 0 N–H and O–H groups in total. The van der Waals surface area contributed by atoms with Crippen molar-refractivity contribution >= 4 is 11.3 Å². The Kier molecular flexibility index (Phi) is 6.64. The molecule has 0 aliphatic heterocycles. The van der Waals surface area contributed by atoms with Crippen LogP contribution in [0.4, 0.5) is 0 Å². The molecule has 1 aliphatic carbocycles. The first-order valence-corrected chi connectivity index (χ1v) is 10.1. The Morgan fingerprint density at radius 2 is 1.63 bits per heavy atom. The van der Waals surface area contributed by atoms with E-state index < -0.39 is 0 Å². The van der Waals surface area contributed by atoms with E-state index in [1.54, 1.807) is 0 Å². The molecule has 0 spiro atoms. The van der Waals surface area contributed by atoms with E-state index in [2.05, 4.69) is 79.1 Å². The quantitative estimate of drug-likeness (QED) is 0.508. The molecular weight excluding hydrogens is 330 g/mol. The first-order chi connectivity index (χ1) is 13.3. The molecule has 0 bridgehead atoms. The van der Waals surface area contributed by atoms with Crippen LogP contribution in [-0.4, -0.2) is 30.0 Å². The van der Waals surface area contributed by atoms with Gasteiger partial charge in [0.1, 0.15) is 13.1 Å². The summed E-state index contributed by atoms with van der Waals surface area (Å²) in [5.74, 6) is 0. The van der Waals surface area contributed by atoms with E-state index in [1.165, 1.54) is 33.5 Å². The molecule has 0 saturated heterocycles. The van der Waals surface area contributed by atoms with Gasteiger partial charge in [-0.1, -0.05) is 54.6 Å². The first-order valence-electron chi connectivity index (χ1n) is 10.1. The van der Waals surface area contributed by atoms with Crippen molar-refractivity contribution in [2.75, 3.05) is 19.7 Å². The summed E-state index contributed by atoms with van der Waals surface area (Å²) in [7, 11) is 0. The lowest BCUT2D eigenvalue weighted by Gasteiger charge is -2.20. The van der Waals surface area contributed by atoms with Crippen molar-refractivity contribution in [3.05, 3.63) is 89.2 Å². The highest BCUT2D eigenvalue weighted by Crippen LogP contribution is 2.31. The third-order valence-corrected chi connectivity index (χ3v) is 5.11. The van der Waals surface area contributed by atoms with Gasteiger partial charge in [0.15, 0.2) is 0 Å². The normalized spacial score (nSPS) is 17.5. The standard InChI is InChI=1S/C25H30NO/c1-4-26(5-2)25-23-17-11-10-15-21(23)16-12-18-22(24(25)19-27-6-3)20-13-8-7-9-14-20/h7-11,13-15,17-19H,4-6,12,16H2,1-3H3/q+1/b22-18-,24-19+. The number of nitrogens with zero attached hydrogens (tertiary/aromatic N) is 1. The number of allylic oxidation sites excluding steroid dienone is 3. The topological polar surface area (TPSA) is 12.2 Å². The second-order valence-electron chi connectivity index (χ2n) is 6.69. The third-order valence-electron chi connectivity index (χ3n) is 5.11. The van der Waals surface area contributed by atoms with E-state index in [9.17, 15) is 0 Å². The van der Waals surface area contributed by atoms with Crippen LogP contribution >= 0.6 is 0 Å². The van der Waals surface area contributed by atoms with Crippen molar-refractivity contribution in [1.82, 2.24) is 0 Å². The van der Waals surface area contributed by atoms with E-state index in [-0.39, 0.29) is 0 Å². The molecule has 0 amide bonds. The van der Waals surface area contributed by atoms with Crippen LogP contribution in [0.5, 0.6) is 0 Å². The number of fused-ring (bicyclic) bond motifs is 1. The minimum atomic E-state index is 0.665. The SMILES string of the molecule is CCO/C=C1C(=[N+](CC)CC)c2ccccc2CC\C=C/1c1ccccc1. The highest BCUT2D eigenvalue weighted by molar-refractivity contribution is 6.19. The Hall–Kier alpha value is -2.61. The van der Waals surface area contributed by atoms with Gasteiger partial charge in [-0.05, 0) is 56.4 Å². The largest absolute Gasteiger partial charge is 0.501 e. The molecule has 140 valence electrons. The van der Waals surface area contributed by atoms with Crippen LogP contribution in [0.3, 0.4) is 0 Å². The van der Waals surface area contributed by atoms with Crippen molar-refractivity contribution < 1.29 is 9.31 Å². The fraction of sp³-hybridized carbons (Fsp3) is 0.320. The first kappa shape index (κ1) is 19.2. The van der Waals surface area contributed by atoms with E-state index in [1.807, 2.05) is 13.2 Å². The van der Waals surface area contributed by atoms with Gasteiger partial charge in [-0.15, -0.1) is 0 Å². The molecule has 2 heteroatoms. The van der Waals surface area contributed by atoms with Crippen LogP contribution in [0.25, 0.3) is 5.57 Å². The summed E-state index contributed by atoms with van der Waals surface area (Å²) < 4.78 is 8.31. The molecule has 2 aromatic carbocycles. The number of benzene rings is 2. The molecule has 3 rings (SSSR count). The van der Waals surface area contributed by atoms with Crippen LogP contribution in [0.1, 0.15) is 43.9 Å². The molecule has 2 nitrogen and oxygen atoms in total. The molecule has 0 atom stereocenters. The minimum Gasteiger partial charge on any atom is -0.501 e. The van der Waals surface area contributed by atoms with Crippen LogP contribution in [-0.2, 0) is 11.2 Å². The summed E-state index contributed by atoms with van der Waals surface area (Å²) in [5.41, 5.74) is 7.70. The number of aryl methyl sites for hydroxylation is 1. The average Bonchev–Trinajstić information content (AvgIpc) is 2.71. The van der Waals surface area contributed by atoms with Crippen molar-refractivity contribution in [2.24, 2.45) is 0 Å². The predicted molar refractivity (Wildman–Crippen MR) is 114 cm³/mol. The predicted octanol–water partition coefficient (Wildman–Crippen LogP) is 5.48. The maximum atomic E-state index is 5.86. The lowest BCUT2D eigenvalue weighted by atomic mass is 9.85. The molecule has 0 unspecified atom stereocenters. The highest BCUT2D eigenvalue weighted by atomic mass is 16.5. The lowest BCUT2D eigenvalue weighted by Crippen LogP contribution is -2.26. The van der Waals surface area contributed by atoms with E-state index >= 15 is 0 Å². The molecule has 0 fully saturated rings. The Balaban J connectivity index is 2.29. The average molecular weight is 361 g/mol. The molecule has 1 aliphatic rings.